The predicted molar refractivity (Wildman–Crippen MR) is 77.6 cm³/mol. The van der Waals surface area contributed by atoms with Crippen LogP contribution >= 0.6 is 0 Å². The lowest BCUT2D eigenvalue weighted by atomic mass is 10.1. The lowest BCUT2D eigenvalue weighted by molar-refractivity contribution is 0.174. The van der Waals surface area contributed by atoms with Crippen LogP contribution < -0.4 is 14.8 Å². The zero-order chi connectivity index (χ0) is 14.5. The van der Waals surface area contributed by atoms with Crippen molar-refractivity contribution in [2.75, 3.05) is 12.1 Å². The molecule has 0 aliphatic carbocycles. The first-order chi connectivity index (χ1) is 10.9. The molecule has 0 unspecified atom stereocenters. The molecule has 0 amide bonds. The first-order valence-corrected chi connectivity index (χ1v) is 6.93. The van der Waals surface area contributed by atoms with Gasteiger partial charge in [0, 0.05) is 16.8 Å². The van der Waals surface area contributed by atoms with E-state index in [1.807, 2.05) is 42.5 Å². The molecule has 108 valence electrons. The molecule has 7 nitrogen and oxygen atoms in total. The molecule has 7 heteroatoms. The Kier molecular flexibility index (Phi) is 2.21. The van der Waals surface area contributed by atoms with Crippen molar-refractivity contribution in [2.45, 2.75) is 6.17 Å². The number of benzene rings is 2. The lowest BCUT2D eigenvalue weighted by Crippen LogP contribution is -2.25. The van der Waals surface area contributed by atoms with Crippen molar-refractivity contribution in [1.82, 2.24) is 20.2 Å². The molecule has 0 spiro atoms. The third-order valence-electron chi connectivity index (χ3n) is 3.91. The van der Waals surface area contributed by atoms with E-state index in [2.05, 4.69) is 20.8 Å². The Morgan fingerprint density at radius 2 is 2.00 bits per heavy atom. The van der Waals surface area contributed by atoms with Crippen LogP contribution in [-0.2, 0) is 0 Å². The van der Waals surface area contributed by atoms with E-state index >= 15 is 0 Å². The second kappa shape index (κ2) is 4.20. The molecule has 0 fully saturated rings. The average molecular weight is 293 g/mol. The van der Waals surface area contributed by atoms with Crippen molar-refractivity contribution in [3.63, 3.8) is 0 Å². The zero-order valence-electron chi connectivity index (χ0n) is 11.4. The van der Waals surface area contributed by atoms with E-state index in [1.165, 1.54) is 0 Å². The topological polar surface area (TPSA) is 74.1 Å². The Hall–Kier alpha value is -3.09. The summed E-state index contributed by atoms with van der Waals surface area (Å²) in [5.41, 5.74) is 3.00. The first-order valence-electron chi connectivity index (χ1n) is 6.93. The molecule has 2 aromatic carbocycles. The summed E-state index contributed by atoms with van der Waals surface area (Å²) < 4.78 is 12.6. The summed E-state index contributed by atoms with van der Waals surface area (Å²) in [7, 11) is 0. The van der Waals surface area contributed by atoms with Gasteiger partial charge in [-0.2, -0.15) is 4.68 Å². The molecule has 5 rings (SSSR count). The summed E-state index contributed by atoms with van der Waals surface area (Å²) in [6, 6.07) is 13.8. The quantitative estimate of drug-likeness (QED) is 0.740. The van der Waals surface area contributed by atoms with Gasteiger partial charge in [0.1, 0.15) is 0 Å². The van der Waals surface area contributed by atoms with Gasteiger partial charge in [-0.15, -0.1) is 5.10 Å². The Morgan fingerprint density at radius 3 is 3.00 bits per heavy atom. The number of anilines is 1. The second-order valence-corrected chi connectivity index (χ2v) is 5.15. The van der Waals surface area contributed by atoms with E-state index in [9.17, 15) is 0 Å². The summed E-state index contributed by atoms with van der Waals surface area (Å²) >= 11 is 0. The molecule has 0 radical (unpaired) electrons. The molecule has 1 aromatic heterocycles. The number of aromatic nitrogens is 4. The van der Waals surface area contributed by atoms with Crippen LogP contribution in [0.3, 0.4) is 0 Å². The highest BCUT2D eigenvalue weighted by Crippen LogP contribution is 2.39. The molecule has 3 heterocycles. The predicted octanol–water partition coefficient (Wildman–Crippen LogP) is 2.04. The first kappa shape index (κ1) is 11.6. The zero-order valence-corrected chi connectivity index (χ0v) is 11.4. The second-order valence-electron chi connectivity index (χ2n) is 5.15. The molecule has 2 aliphatic heterocycles. The van der Waals surface area contributed by atoms with Gasteiger partial charge in [-0.05, 0) is 34.7 Å². The fourth-order valence-corrected chi connectivity index (χ4v) is 2.86. The summed E-state index contributed by atoms with van der Waals surface area (Å²) in [6.45, 7) is 0.260. The van der Waals surface area contributed by atoms with Crippen LogP contribution in [0.1, 0.15) is 11.7 Å². The lowest BCUT2D eigenvalue weighted by Gasteiger charge is -2.27. The number of hydrogen-bond donors (Lipinski definition) is 1. The van der Waals surface area contributed by atoms with Gasteiger partial charge in [-0.3, -0.25) is 0 Å². The minimum atomic E-state index is -0.186. The minimum Gasteiger partial charge on any atom is -0.454 e. The molecule has 1 N–H and O–H groups in total. The van der Waals surface area contributed by atoms with Gasteiger partial charge in [0.05, 0.1) is 0 Å². The Balaban J connectivity index is 1.65. The highest BCUT2D eigenvalue weighted by Gasteiger charge is 2.28. The van der Waals surface area contributed by atoms with Crippen LogP contribution in [0.15, 0.2) is 42.5 Å². The summed E-state index contributed by atoms with van der Waals surface area (Å²) in [6.07, 6.45) is -0.186. The van der Waals surface area contributed by atoms with E-state index in [0.29, 0.717) is 0 Å². The van der Waals surface area contributed by atoms with Gasteiger partial charge in [0.2, 0.25) is 6.79 Å². The van der Waals surface area contributed by atoms with Crippen LogP contribution in [0, 0.1) is 0 Å². The van der Waals surface area contributed by atoms with Gasteiger partial charge in [0.15, 0.2) is 23.5 Å². The molecule has 1 atom stereocenters. The monoisotopic (exact) mass is 293 g/mol. The van der Waals surface area contributed by atoms with Crippen molar-refractivity contribution >= 4 is 5.69 Å². The van der Waals surface area contributed by atoms with Crippen molar-refractivity contribution in [2.24, 2.45) is 0 Å². The fraction of sp³-hybridized carbons (Fsp3) is 0.133. The number of fused-ring (bicyclic) bond motifs is 4. The molecule has 0 bridgehead atoms. The van der Waals surface area contributed by atoms with Gasteiger partial charge in [-0.1, -0.05) is 18.2 Å². The number of ether oxygens (including phenoxy) is 2. The summed E-state index contributed by atoms with van der Waals surface area (Å²) in [5.74, 6) is 2.25. The summed E-state index contributed by atoms with van der Waals surface area (Å²) in [4.78, 5) is 0. The van der Waals surface area contributed by atoms with Gasteiger partial charge < -0.3 is 14.8 Å². The number of rotatable bonds is 1. The average Bonchev–Trinajstić information content (AvgIpc) is 3.22. The number of nitrogens with zero attached hydrogens (tertiary/aromatic N) is 4. The SMILES string of the molecule is c1ccc2c(c1)N[C@H](c1ccc3c(c1)OCO3)n1nnnc1-2. The van der Waals surface area contributed by atoms with E-state index < -0.39 is 0 Å². The van der Waals surface area contributed by atoms with Crippen molar-refractivity contribution < 1.29 is 9.47 Å². The van der Waals surface area contributed by atoms with Gasteiger partial charge in [-0.25, -0.2) is 0 Å². The molecule has 0 saturated carbocycles. The highest BCUT2D eigenvalue weighted by molar-refractivity contribution is 5.76. The summed E-state index contributed by atoms with van der Waals surface area (Å²) in [5, 5.41) is 15.6. The van der Waals surface area contributed by atoms with E-state index in [-0.39, 0.29) is 13.0 Å². The van der Waals surface area contributed by atoms with E-state index in [1.54, 1.807) is 4.68 Å². The standard InChI is InChI=1S/C15H11N5O2/c1-2-4-11-10(3-1)15-17-18-19-20(15)14(16-11)9-5-6-12-13(7-9)22-8-21-12/h1-7,14,16H,8H2/t14-/m0/s1. The Morgan fingerprint density at radius 1 is 1.09 bits per heavy atom. The molecular weight excluding hydrogens is 282 g/mol. The molecule has 0 saturated heterocycles. The number of tetrazole rings is 1. The third-order valence-corrected chi connectivity index (χ3v) is 3.91. The fourth-order valence-electron chi connectivity index (χ4n) is 2.86. The minimum absolute atomic E-state index is 0.186. The van der Waals surface area contributed by atoms with Gasteiger partial charge >= 0.3 is 0 Å². The van der Waals surface area contributed by atoms with E-state index in [4.69, 9.17) is 9.47 Å². The highest BCUT2D eigenvalue weighted by atomic mass is 16.7. The molecule has 3 aromatic rings. The van der Waals surface area contributed by atoms with Gasteiger partial charge in [0.25, 0.3) is 0 Å². The van der Waals surface area contributed by atoms with Crippen molar-refractivity contribution in [1.29, 1.82) is 0 Å². The Bertz CT molecular complexity index is 876. The maximum absolute atomic E-state index is 5.46. The molecular formula is C15H11N5O2. The maximum atomic E-state index is 5.46. The number of nitrogens with one attached hydrogen (secondary N) is 1. The Labute approximate surface area is 125 Å². The van der Waals surface area contributed by atoms with Crippen LogP contribution in [0.2, 0.25) is 0 Å². The van der Waals surface area contributed by atoms with Crippen LogP contribution in [-0.4, -0.2) is 27.0 Å². The number of para-hydroxylation sites is 1. The van der Waals surface area contributed by atoms with Crippen LogP contribution in [0.5, 0.6) is 11.5 Å². The van der Waals surface area contributed by atoms with E-state index in [0.717, 1.165) is 34.1 Å². The van der Waals surface area contributed by atoms with Crippen molar-refractivity contribution in [3.8, 4) is 22.9 Å². The maximum Gasteiger partial charge on any atom is 0.231 e. The van der Waals surface area contributed by atoms with Crippen LogP contribution in [0.4, 0.5) is 5.69 Å². The number of hydrogen-bond acceptors (Lipinski definition) is 6. The largest absolute Gasteiger partial charge is 0.454 e. The third kappa shape index (κ3) is 1.53. The smallest absolute Gasteiger partial charge is 0.231 e. The van der Waals surface area contributed by atoms with Crippen LogP contribution in [0.25, 0.3) is 11.4 Å². The normalized spacial score (nSPS) is 17.5. The van der Waals surface area contributed by atoms with Crippen molar-refractivity contribution in [3.05, 3.63) is 48.0 Å². The molecule has 22 heavy (non-hydrogen) atoms. The molecule has 2 aliphatic rings.